The van der Waals surface area contributed by atoms with E-state index < -0.39 is 0 Å². The van der Waals surface area contributed by atoms with Crippen LogP contribution in [-0.4, -0.2) is 10.1 Å². The molecule has 2 atom stereocenters. The second-order valence-electron chi connectivity index (χ2n) is 6.51. The molecule has 0 bridgehead atoms. The predicted molar refractivity (Wildman–Crippen MR) is 116 cm³/mol. The van der Waals surface area contributed by atoms with Crippen LogP contribution in [0.15, 0.2) is 58.5 Å². The van der Waals surface area contributed by atoms with Gasteiger partial charge in [-0.1, -0.05) is 12.1 Å². The van der Waals surface area contributed by atoms with Gasteiger partial charge in [0, 0.05) is 26.6 Å². The zero-order valence-corrected chi connectivity index (χ0v) is 17.7. The summed E-state index contributed by atoms with van der Waals surface area (Å²) in [5.41, 5.74) is 4.58. The molecule has 1 saturated heterocycles. The van der Waals surface area contributed by atoms with E-state index in [0.29, 0.717) is 0 Å². The number of nitrogens with one attached hydrogen (secondary N) is 1. The van der Waals surface area contributed by atoms with Gasteiger partial charge < -0.3 is 10.2 Å². The fourth-order valence-electron chi connectivity index (χ4n) is 3.49. The zero-order valence-electron chi connectivity index (χ0n) is 14.4. The van der Waals surface area contributed by atoms with Gasteiger partial charge in [-0.3, -0.25) is 4.98 Å². The van der Waals surface area contributed by atoms with Gasteiger partial charge in [-0.25, -0.2) is 0 Å². The smallest absolute Gasteiger partial charge is 0.174 e. The first-order valence-corrected chi connectivity index (χ1v) is 10.4. The molecule has 3 heterocycles. The molecule has 0 aliphatic carbocycles. The van der Waals surface area contributed by atoms with E-state index in [0.717, 1.165) is 21.0 Å². The van der Waals surface area contributed by atoms with E-state index in [1.165, 1.54) is 16.0 Å². The third kappa shape index (κ3) is 3.29. The van der Waals surface area contributed by atoms with Gasteiger partial charge in [0.15, 0.2) is 5.11 Å². The molecule has 0 amide bonds. The first-order chi connectivity index (χ1) is 12.5. The lowest BCUT2D eigenvalue weighted by atomic mass is 10.0. The standard InChI is InChI=1S/C20H18BrN3S2/c1-12-7-13(2)9-15(8-12)24-19(17-10-14(21)11-26-17)18(23-20(24)25)16-5-3-4-6-22-16/h3-11,18-19H,1-2H3,(H,23,25)/t18-,19-/m1/s1. The summed E-state index contributed by atoms with van der Waals surface area (Å²) in [6, 6.07) is 14.8. The van der Waals surface area contributed by atoms with Crippen molar-refractivity contribution < 1.29 is 0 Å². The number of aryl methyl sites for hydroxylation is 2. The minimum absolute atomic E-state index is 0.00932. The van der Waals surface area contributed by atoms with Crippen LogP contribution < -0.4 is 10.2 Å². The average molecular weight is 444 g/mol. The number of thiocarbonyl (C=S) groups is 1. The fraction of sp³-hybridized carbons (Fsp3) is 0.200. The van der Waals surface area contributed by atoms with Gasteiger partial charge in [0.2, 0.25) is 0 Å². The quantitative estimate of drug-likeness (QED) is 0.525. The van der Waals surface area contributed by atoms with Crippen LogP contribution in [0.3, 0.4) is 0 Å². The highest BCUT2D eigenvalue weighted by Gasteiger charge is 2.41. The Kier molecular flexibility index (Phi) is 4.82. The number of rotatable bonds is 3. The van der Waals surface area contributed by atoms with Gasteiger partial charge in [-0.05, 0) is 83.5 Å². The summed E-state index contributed by atoms with van der Waals surface area (Å²) in [5, 5.41) is 6.35. The third-order valence-electron chi connectivity index (χ3n) is 4.46. The molecule has 3 aromatic rings. The molecule has 1 N–H and O–H groups in total. The lowest BCUT2D eigenvalue weighted by Gasteiger charge is -2.27. The summed E-state index contributed by atoms with van der Waals surface area (Å²) in [5.74, 6) is 0. The Labute approximate surface area is 171 Å². The van der Waals surface area contributed by atoms with E-state index >= 15 is 0 Å². The monoisotopic (exact) mass is 443 g/mol. The first-order valence-electron chi connectivity index (χ1n) is 8.36. The Bertz CT molecular complexity index is 934. The second-order valence-corrected chi connectivity index (χ2v) is 8.75. The summed E-state index contributed by atoms with van der Waals surface area (Å²) in [6.07, 6.45) is 1.83. The molecule has 3 nitrogen and oxygen atoms in total. The Balaban J connectivity index is 1.85. The van der Waals surface area contributed by atoms with Crippen molar-refractivity contribution in [1.29, 1.82) is 0 Å². The Morgan fingerprint density at radius 3 is 2.54 bits per heavy atom. The third-order valence-corrected chi connectivity index (χ3v) is 6.54. The van der Waals surface area contributed by atoms with Crippen LogP contribution >= 0.6 is 39.5 Å². The molecule has 4 rings (SSSR count). The number of thiophene rings is 1. The van der Waals surface area contributed by atoms with Crippen LogP contribution in [0.25, 0.3) is 0 Å². The summed E-state index contributed by atoms with van der Waals surface area (Å²) in [7, 11) is 0. The maximum absolute atomic E-state index is 5.75. The SMILES string of the molecule is Cc1cc(C)cc(N2C(=S)N[C@H](c3ccccn3)[C@H]2c2cc(Br)cs2)c1. The summed E-state index contributed by atoms with van der Waals surface area (Å²) in [4.78, 5) is 8.06. The summed E-state index contributed by atoms with van der Waals surface area (Å²) >= 11 is 11.1. The topological polar surface area (TPSA) is 28.2 Å². The molecule has 2 aromatic heterocycles. The van der Waals surface area contributed by atoms with Crippen molar-refractivity contribution >= 4 is 50.3 Å². The van der Waals surface area contributed by atoms with Gasteiger partial charge in [0.1, 0.15) is 0 Å². The molecule has 0 radical (unpaired) electrons. The number of pyridine rings is 1. The van der Waals surface area contributed by atoms with Crippen molar-refractivity contribution in [2.24, 2.45) is 0 Å². The minimum Gasteiger partial charge on any atom is -0.351 e. The van der Waals surface area contributed by atoms with Crippen molar-refractivity contribution in [3.05, 3.63) is 80.2 Å². The van der Waals surface area contributed by atoms with Crippen LogP contribution in [0.5, 0.6) is 0 Å². The lowest BCUT2D eigenvalue weighted by molar-refractivity contribution is 0.575. The number of hydrogen-bond donors (Lipinski definition) is 1. The summed E-state index contributed by atoms with van der Waals surface area (Å²) in [6.45, 7) is 4.24. The number of nitrogens with zero attached hydrogens (tertiary/aromatic N) is 2. The fourth-order valence-corrected chi connectivity index (χ4v) is 5.41. The molecule has 0 saturated carbocycles. The first kappa shape index (κ1) is 17.6. The molecular formula is C20H18BrN3S2. The number of halogens is 1. The predicted octanol–water partition coefficient (Wildman–Crippen LogP) is 5.70. The number of hydrogen-bond acceptors (Lipinski definition) is 3. The van der Waals surface area contributed by atoms with Crippen molar-refractivity contribution in [1.82, 2.24) is 10.3 Å². The average Bonchev–Trinajstić information content (AvgIpc) is 3.18. The van der Waals surface area contributed by atoms with E-state index in [2.05, 4.69) is 80.7 Å². The largest absolute Gasteiger partial charge is 0.351 e. The van der Waals surface area contributed by atoms with Crippen molar-refractivity contribution in [2.75, 3.05) is 4.90 Å². The molecular weight excluding hydrogens is 426 g/mol. The van der Waals surface area contributed by atoms with Gasteiger partial charge in [0.25, 0.3) is 0 Å². The lowest BCUT2D eigenvalue weighted by Crippen LogP contribution is -2.29. The second kappa shape index (κ2) is 7.10. The van der Waals surface area contributed by atoms with Crippen LogP contribution in [0, 0.1) is 13.8 Å². The molecule has 1 aromatic carbocycles. The number of aromatic nitrogens is 1. The van der Waals surface area contributed by atoms with Crippen LogP contribution in [-0.2, 0) is 0 Å². The minimum atomic E-state index is 0.00932. The van der Waals surface area contributed by atoms with Crippen LogP contribution in [0.4, 0.5) is 5.69 Å². The van der Waals surface area contributed by atoms with E-state index in [-0.39, 0.29) is 12.1 Å². The highest BCUT2D eigenvalue weighted by atomic mass is 79.9. The number of benzene rings is 1. The number of anilines is 1. The Morgan fingerprint density at radius 2 is 1.92 bits per heavy atom. The van der Waals surface area contributed by atoms with Crippen molar-refractivity contribution in [3.8, 4) is 0 Å². The van der Waals surface area contributed by atoms with Gasteiger partial charge >= 0.3 is 0 Å². The Hall–Kier alpha value is -1.76. The molecule has 6 heteroatoms. The molecule has 1 aliphatic rings. The van der Waals surface area contributed by atoms with E-state index in [4.69, 9.17) is 12.2 Å². The zero-order chi connectivity index (χ0) is 18.3. The molecule has 0 unspecified atom stereocenters. The summed E-state index contributed by atoms with van der Waals surface area (Å²) < 4.78 is 1.09. The van der Waals surface area contributed by atoms with E-state index in [1.54, 1.807) is 11.3 Å². The van der Waals surface area contributed by atoms with E-state index in [9.17, 15) is 0 Å². The van der Waals surface area contributed by atoms with Crippen LogP contribution in [0.1, 0.15) is 33.8 Å². The van der Waals surface area contributed by atoms with Crippen molar-refractivity contribution in [2.45, 2.75) is 25.9 Å². The Morgan fingerprint density at radius 1 is 1.15 bits per heavy atom. The highest BCUT2D eigenvalue weighted by Crippen LogP contribution is 2.44. The van der Waals surface area contributed by atoms with E-state index in [1.807, 2.05) is 18.3 Å². The maximum atomic E-state index is 5.75. The van der Waals surface area contributed by atoms with Crippen molar-refractivity contribution in [3.63, 3.8) is 0 Å². The molecule has 1 fully saturated rings. The van der Waals surface area contributed by atoms with Gasteiger partial charge in [0.05, 0.1) is 17.8 Å². The molecule has 132 valence electrons. The molecule has 0 spiro atoms. The maximum Gasteiger partial charge on any atom is 0.174 e. The normalized spacial score (nSPS) is 19.7. The van der Waals surface area contributed by atoms with Crippen LogP contribution in [0.2, 0.25) is 0 Å². The molecule has 26 heavy (non-hydrogen) atoms. The molecule has 1 aliphatic heterocycles. The van der Waals surface area contributed by atoms with Gasteiger partial charge in [-0.2, -0.15) is 0 Å². The van der Waals surface area contributed by atoms with Gasteiger partial charge in [-0.15, -0.1) is 11.3 Å². The highest BCUT2D eigenvalue weighted by molar-refractivity contribution is 9.10.